The summed E-state index contributed by atoms with van der Waals surface area (Å²) in [5.74, 6) is 0.847. The minimum Gasteiger partial charge on any atom is -0.497 e. The van der Waals surface area contributed by atoms with Crippen LogP contribution in [0.5, 0.6) is 17.2 Å². The molecule has 1 saturated heterocycles. The van der Waals surface area contributed by atoms with Crippen molar-refractivity contribution in [3.63, 3.8) is 0 Å². The predicted octanol–water partition coefficient (Wildman–Crippen LogP) is 6.39. The van der Waals surface area contributed by atoms with Crippen LogP contribution >= 0.6 is 11.8 Å². The summed E-state index contributed by atoms with van der Waals surface area (Å²) in [4.78, 5) is 28.7. The van der Waals surface area contributed by atoms with Crippen LogP contribution in [0.1, 0.15) is 23.6 Å². The lowest BCUT2D eigenvalue weighted by atomic mass is 9.95. The van der Waals surface area contributed by atoms with Gasteiger partial charge < -0.3 is 34.4 Å². The Hall–Kier alpha value is -4.59. The van der Waals surface area contributed by atoms with E-state index in [0.717, 1.165) is 49.6 Å². The van der Waals surface area contributed by atoms with Crippen molar-refractivity contribution in [2.24, 2.45) is 0 Å². The summed E-state index contributed by atoms with van der Waals surface area (Å²) >= 11 is 1.50. The number of amides is 1. The molecule has 13 heteroatoms. The summed E-state index contributed by atoms with van der Waals surface area (Å²) in [5, 5.41) is 13.7. The third kappa shape index (κ3) is 8.46. The maximum absolute atomic E-state index is 15.0. The summed E-state index contributed by atoms with van der Waals surface area (Å²) in [6, 6.07) is 18.0. The molecule has 2 N–H and O–H groups in total. The smallest absolute Gasteiger partial charge is 0.413 e. The van der Waals surface area contributed by atoms with E-state index >= 15 is 4.39 Å². The Balaban J connectivity index is 1.38. The summed E-state index contributed by atoms with van der Waals surface area (Å²) in [7, 11) is 5.20. The highest BCUT2D eigenvalue weighted by Crippen LogP contribution is 2.42. The number of halogens is 1. The van der Waals surface area contributed by atoms with Gasteiger partial charge in [-0.1, -0.05) is 18.2 Å². The molecule has 1 aliphatic rings. The zero-order valence-corrected chi connectivity index (χ0v) is 28.4. The molecule has 0 aliphatic carbocycles. The standard InChI is InChI=1S/C35H41FN6O5S/c1-40-17-19-41(20-18-40)16-7-21-47-30-12-10-24(22-28(30)36)38-34-37-15-14-32(39-34)42(35(43)44)33(26-8-5-6-9-31(26)48-4)27-23-25(45-2)11-13-29(27)46-3/h5-6,8-15,22-23,33H,7,16-21H2,1-4H3,(H,43,44)(H,37,38,39). The highest BCUT2D eigenvalue weighted by molar-refractivity contribution is 7.98. The van der Waals surface area contributed by atoms with Crippen LogP contribution in [0.3, 0.4) is 0 Å². The van der Waals surface area contributed by atoms with Crippen molar-refractivity contribution in [1.82, 2.24) is 19.8 Å². The number of aromatic nitrogens is 2. The number of anilines is 3. The Morgan fingerprint density at radius 3 is 2.50 bits per heavy atom. The van der Waals surface area contributed by atoms with Gasteiger partial charge in [0.15, 0.2) is 11.6 Å². The number of rotatable bonds is 14. The van der Waals surface area contributed by atoms with Crippen LogP contribution in [0, 0.1) is 5.82 Å². The zero-order valence-electron chi connectivity index (χ0n) is 27.6. The molecule has 1 aliphatic heterocycles. The number of ether oxygens (including phenoxy) is 3. The van der Waals surface area contributed by atoms with Crippen molar-refractivity contribution in [1.29, 1.82) is 0 Å². The summed E-state index contributed by atoms with van der Waals surface area (Å²) < 4.78 is 32.0. The maximum Gasteiger partial charge on any atom is 0.413 e. The van der Waals surface area contributed by atoms with Crippen molar-refractivity contribution >= 4 is 35.3 Å². The Morgan fingerprint density at radius 2 is 1.79 bits per heavy atom. The first kappa shape index (κ1) is 34.7. The van der Waals surface area contributed by atoms with E-state index in [9.17, 15) is 9.90 Å². The summed E-state index contributed by atoms with van der Waals surface area (Å²) in [6.45, 7) is 5.47. The second kappa shape index (κ2) is 16.5. The first-order valence-electron chi connectivity index (χ1n) is 15.6. The van der Waals surface area contributed by atoms with Gasteiger partial charge in [0.2, 0.25) is 5.95 Å². The first-order valence-corrected chi connectivity index (χ1v) is 16.8. The molecule has 0 bridgehead atoms. The highest BCUT2D eigenvalue weighted by Gasteiger charge is 2.33. The van der Waals surface area contributed by atoms with Gasteiger partial charge in [-0.15, -0.1) is 11.8 Å². The number of hydrogen-bond acceptors (Lipinski definition) is 10. The van der Waals surface area contributed by atoms with E-state index in [1.54, 1.807) is 37.4 Å². The quantitative estimate of drug-likeness (QED) is 0.115. The van der Waals surface area contributed by atoms with E-state index in [4.69, 9.17) is 14.2 Å². The maximum atomic E-state index is 15.0. The van der Waals surface area contributed by atoms with Crippen LogP contribution in [0.2, 0.25) is 0 Å². The molecule has 1 amide bonds. The summed E-state index contributed by atoms with van der Waals surface area (Å²) in [6.07, 6.45) is 2.94. The normalized spacial score (nSPS) is 14.3. The molecule has 1 atom stereocenters. The van der Waals surface area contributed by atoms with Crippen molar-refractivity contribution in [3.8, 4) is 17.2 Å². The second-order valence-electron chi connectivity index (χ2n) is 11.3. The lowest BCUT2D eigenvalue weighted by Crippen LogP contribution is -2.44. The molecule has 2 heterocycles. The molecule has 3 aromatic carbocycles. The molecule has 1 aromatic heterocycles. The lowest BCUT2D eigenvalue weighted by Gasteiger charge is -2.32. The van der Waals surface area contributed by atoms with Crippen molar-refractivity contribution in [3.05, 3.63) is 89.9 Å². The molecular formula is C35H41FN6O5S. The Labute approximate surface area is 284 Å². The number of carboxylic acid groups (broad SMARTS) is 1. The van der Waals surface area contributed by atoms with Gasteiger partial charge in [-0.25, -0.2) is 19.1 Å². The highest BCUT2D eigenvalue weighted by atomic mass is 32.2. The van der Waals surface area contributed by atoms with Gasteiger partial charge in [0, 0.05) is 61.1 Å². The molecule has 5 rings (SSSR count). The average molecular weight is 677 g/mol. The fraction of sp³-hybridized carbons (Fsp3) is 0.343. The van der Waals surface area contributed by atoms with E-state index in [2.05, 4.69) is 32.1 Å². The first-order chi connectivity index (χ1) is 23.3. The van der Waals surface area contributed by atoms with Crippen LogP contribution < -0.4 is 24.4 Å². The van der Waals surface area contributed by atoms with E-state index in [-0.39, 0.29) is 17.5 Å². The molecule has 11 nitrogen and oxygen atoms in total. The fourth-order valence-corrected chi connectivity index (χ4v) is 6.27. The van der Waals surface area contributed by atoms with Gasteiger partial charge in [-0.05, 0) is 67.8 Å². The van der Waals surface area contributed by atoms with E-state index in [1.807, 2.05) is 30.5 Å². The number of carbonyl (C=O) groups is 1. The fourth-order valence-electron chi connectivity index (χ4n) is 5.64. The van der Waals surface area contributed by atoms with E-state index in [0.29, 0.717) is 29.4 Å². The monoisotopic (exact) mass is 676 g/mol. The minimum absolute atomic E-state index is 0.0912. The van der Waals surface area contributed by atoms with E-state index in [1.165, 1.54) is 42.1 Å². The number of methoxy groups -OCH3 is 2. The topological polar surface area (TPSA) is 113 Å². The van der Waals surface area contributed by atoms with Gasteiger partial charge in [0.05, 0.1) is 26.9 Å². The third-order valence-electron chi connectivity index (χ3n) is 8.18. The van der Waals surface area contributed by atoms with E-state index < -0.39 is 18.0 Å². The van der Waals surface area contributed by atoms with Crippen LogP contribution in [-0.4, -0.2) is 97.8 Å². The molecule has 254 valence electrons. The van der Waals surface area contributed by atoms with Crippen LogP contribution in [0.25, 0.3) is 0 Å². The number of piperazine rings is 1. The van der Waals surface area contributed by atoms with Gasteiger partial charge in [-0.3, -0.25) is 0 Å². The molecule has 0 saturated carbocycles. The average Bonchev–Trinajstić information content (AvgIpc) is 3.10. The van der Waals surface area contributed by atoms with Crippen LogP contribution in [-0.2, 0) is 0 Å². The Morgan fingerprint density at radius 1 is 1.02 bits per heavy atom. The summed E-state index contributed by atoms with van der Waals surface area (Å²) in [5.41, 5.74) is 1.68. The third-order valence-corrected chi connectivity index (χ3v) is 8.99. The van der Waals surface area contributed by atoms with Crippen molar-refractivity contribution in [2.45, 2.75) is 17.4 Å². The second-order valence-corrected chi connectivity index (χ2v) is 12.1. The molecule has 0 radical (unpaired) electrons. The molecule has 1 fully saturated rings. The van der Waals surface area contributed by atoms with Gasteiger partial charge in [-0.2, -0.15) is 4.98 Å². The molecular weight excluding hydrogens is 635 g/mol. The molecule has 1 unspecified atom stereocenters. The molecule has 48 heavy (non-hydrogen) atoms. The minimum atomic E-state index is -1.24. The number of thioether (sulfide) groups is 1. The van der Waals surface area contributed by atoms with Crippen LogP contribution in [0.4, 0.5) is 26.6 Å². The van der Waals surface area contributed by atoms with Gasteiger partial charge in [0.1, 0.15) is 17.3 Å². The lowest BCUT2D eigenvalue weighted by molar-refractivity contribution is 0.145. The Bertz CT molecular complexity index is 1690. The van der Waals surface area contributed by atoms with Crippen molar-refractivity contribution < 1.29 is 28.5 Å². The predicted molar refractivity (Wildman–Crippen MR) is 186 cm³/mol. The molecule has 4 aromatic rings. The number of nitrogens with zero attached hydrogens (tertiary/aromatic N) is 5. The van der Waals surface area contributed by atoms with Crippen molar-refractivity contribution in [2.75, 3.05) is 77.1 Å². The van der Waals surface area contributed by atoms with Gasteiger partial charge in [0.25, 0.3) is 0 Å². The number of nitrogens with one attached hydrogen (secondary N) is 1. The van der Waals surface area contributed by atoms with Crippen LogP contribution in [0.15, 0.2) is 77.8 Å². The number of benzene rings is 3. The molecule has 0 spiro atoms. The number of hydrogen-bond donors (Lipinski definition) is 2. The van der Waals surface area contributed by atoms with Gasteiger partial charge >= 0.3 is 6.09 Å². The Kier molecular flexibility index (Phi) is 11.9. The number of likely N-dealkylation sites (N-methyl/N-ethyl adjacent to an activating group) is 1. The largest absolute Gasteiger partial charge is 0.497 e. The zero-order chi connectivity index (χ0) is 34.0. The SMILES string of the molecule is COc1ccc(OC)c(C(c2ccccc2SC)N(C(=O)O)c2ccnc(Nc3ccc(OCCCN4CCN(C)CC4)c(F)c3)n2)c1.